The standard InChI is InChI=1S/C28H42N4/c1-8-10-25(15-19(3)4)32-18-27(26(9-2)28(32)29)23-11-13-31(14-12-23)22(7)24-16-20(5)30-21(6)17-24/h9,16-19,23,25,29H,7-8,10-15H2,1-6H3/b26-9-,29-28?. The van der Waals surface area contributed by atoms with Crippen LogP contribution in [0.1, 0.15) is 76.8 Å². The molecule has 3 rings (SSSR count). The number of likely N-dealkylation sites (tertiary alicyclic amines) is 1. The second-order valence-electron chi connectivity index (χ2n) is 9.96. The van der Waals surface area contributed by atoms with Gasteiger partial charge in [0.25, 0.3) is 0 Å². The number of piperidine rings is 1. The van der Waals surface area contributed by atoms with Gasteiger partial charge < -0.3 is 9.80 Å². The number of pyridine rings is 1. The smallest absolute Gasteiger partial charge is 0.132 e. The number of amidine groups is 1. The summed E-state index contributed by atoms with van der Waals surface area (Å²) in [6.45, 7) is 19.4. The lowest BCUT2D eigenvalue weighted by atomic mass is 9.85. The summed E-state index contributed by atoms with van der Waals surface area (Å²) in [5.74, 6) is 1.86. The number of aryl methyl sites for hydroxylation is 2. The van der Waals surface area contributed by atoms with Gasteiger partial charge in [0.1, 0.15) is 5.84 Å². The summed E-state index contributed by atoms with van der Waals surface area (Å²) in [6, 6.07) is 4.71. The molecular weight excluding hydrogens is 392 g/mol. The number of hydrogen-bond donors (Lipinski definition) is 1. The fourth-order valence-corrected chi connectivity index (χ4v) is 5.37. The van der Waals surface area contributed by atoms with E-state index in [9.17, 15) is 0 Å². The molecule has 0 aliphatic carbocycles. The summed E-state index contributed by atoms with van der Waals surface area (Å²) >= 11 is 0. The summed E-state index contributed by atoms with van der Waals surface area (Å²) in [5, 5.41) is 8.90. The third kappa shape index (κ3) is 5.33. The fourth-order valence-electron chi connectivity index (χ4n) is 5.37. The maximum absolute atomic E-state index is 8.90. The van der Waals surface area contributed by atoms with Gasteiger partial charge in [0, 0.05) is 53.6 Å². The highest BCUT2D eigenvalue weighted by Crippen LogP contribution is 2.38. The third-order valence-electron chi connectivity index (χ3n) is 6.88. The molecule has 0 aromatic carbocycles. The summed E-state index contributed by atoms with van der Waals surface area (Å²) in [6.07, 6.45) is 10.1. The highest BCUT2D eigenvalue weighted by molar-refractivity contribution is 6.03. The highest BCUT2D eigenvalue weighted by Gasteiger charge is 2.34. The van der Waals surface area contributed by atoms with E-state index < -0.39 is 0 Å². The molecule has 0 amide bonds. The van der Waals surface area contributed by atoms with Gasteiger partial charge >= 0.3 is 0 Å². The Labute approximate surface area is 195 Å². The Morgan fingerprint density at radius 1 is 1.22 bits per heavy atom. The minimum Gasteiger partial charge on any atom is -0.371 e. The van der Waals surface area contributed by atoms with E-state index in [1.165, 1.54) is 11.1 Å². The second-order valence-corrected chi connectivity index (χ2v) is 9.96. The van der Waals surface area contributed by atoms with Crippen LogP contribution in [-0.2, 0) is 0 Å². The van der Waals surface area contributed by atoms with Crippen LogP contribution in [0.2, 0.25) is 0 Å². The zero-order valence-corrected chi connectivity index (χ0v) is 21.0. The molecule has 1 aromatic rings. The topological polar surface area (TPSA) is 43.2 Å². The number of hydrogen-bond acceptors (Lipinski definition) is 3. The van der Waals surface area contributed by atoms with Crippen molar-refractivity contribution < 1.29 is 0 Å². The molecule has 4 nitrogen and oxygen atoms in total. The maximum Gasteiger partial charge on any atom is 0.132 e. The van der Waals surface area contributed by atoms with E-state index in [1.54, 1.807) is 0 Å². The van der Waals surface area contributed by atoms with Crippen molar-refractivity contribution >= 4 is 11.5 Å². The van der Waals surface area contributed by atoms with Gasteiger partial charge in [0.2, 0.25) is 0 Å². The zero-order chi connectivity index (χ0) is 23.4. The molecule has 3 heterocycles. The second kappa shape index (κ2) is 10.5. The normalized spacial score (nSPS) is 19.8. The van der Waals surface area contributed by atoms with Gasteiger partial charge in [-0.1, -0.05) is 39.8 Å². The lowest BCUT2D eigenvalue weighted by Gasteiger charge is -2.35. The molecule has 174 valence electrons. The zero-order valence-electron chi connectivity index (χ0n) is 21.0. The van der Waals surface area contributed by atoms with Crippen molar-refractivity contribution in [1.29, 1.82) is 5.41 Å². The number of rotatable bonds is 8. The van der Waals surface area contributed by atoms with Crippen LogP contribution in [0.15, 0.2) is 42.1 Å². The molecule has 1 fully saturated rings. The molecule has 1 N–H and O–H groups in total. The molecular formula is C28H42N4. The first-order chi connectivity index (χ1) is 15.2. The molecule has 1 aromatic heterocycles. The maximum atomic E-state index is 8.90. The molecule has 2 aliphatic heterocycles. The minimum absolute atomic E-state index is 0.429. The molecule has 1 saturated heterocycles. The Morgan fingerprint density at radius 3 is 2.38 bits per heavy atom. The quantitative estimate of drug-likeness (QED) is 0.494. The molecule has 2 aliphatic rings. The van der Waals surface area contributed by atoms with Crippen LogP contribution in [-0.4, -0.2) is 39.8 Å². The average Bonchev–Trinajstić information content (AvgIpc) is 3.08. The molecule has 0 bridgehead atoms. The largest absolute Gasteiger partial charge is 0.371 e. The van der Waals surface area contributed by atoms with Gasteiger partial charge in [-0.15, -0.1) is 0 Å². The highest BCUT2D eigenvalue weighted by atomic mass is 15.2. The molecule has 0 radical (unpaired) electrons. The summed E-state index contributed by atoms with van der Waals surface area (Å²) in [4.78, 5) is 9.21. The van der Waals surface area contributed by atoms with Crippen molar-refractivity contribution in [2.45, 2.75) is 79.7 Å². The number of nitrogens with one attached hydrogen (secondary N) is 1. The molecule has 0 spiro atoms. The van der Waals surface area contributed by atoms with E-state index >= 15 is 0 Å². The SMILES string of the molecule is C=C(c1cc(C)nc(C)c1)N1CCC(C2=CN(C(CCC)CC(C)C)C(=N)/C2=C\C)CC1. The predicted molar refractivity (Wildman–Crippen MR) is 137 cm³/mol. The van der Waals surface area contributed by atoms with Crippen LogP contribution < -0.4 is 0 Å². The lowest BCUT2D eigenvalue weighted by Crippen LogP contribution is -2.34. The van der Waals surface area contributed by atoms with Gasteiger partial charge in [-0.05, 0) is 76.0 Å². The fraction of sp³-hybridized carbons (Fsp3) is 0.571. The van der Waals surface area contributed by atoms with Gasteiger partial charge in [-0.2, -0.15) is 0 Å². The van der Waals surface area contributed by atoms with Crippen molar-refractivity contribution in [1.82, 2.24) is 14.8 Å². The van der Waals surface area contributed by atoms with Crippen molar-refractivity contribution in [3.8, 4) is 0 Å². The predicted octanol–water partition coefficient (Wildman–Crippen LogP) is 6.72. The van der Waals surface area contributed by atoms with E-state index in [1.807, 2.05) is 13.8 Å². The first kappa shape index (κ1) is 24.3. The van der Waals surface area contributed by atoms with E-state index in [2.05, 4.69) is 73.5 Å². The van der Waals surface area contributed by atoms with E-state index in [-0.39, 0.29) is 0 Å². The van der Waals surface area contributed by atoms with Crippen molar-refractivity contribution in [2.24, 2.45) is 11.8 Å². The molecule has 0 saturated carbocycles. The van der Waals surface area contributed by atoms with E-state index in [4.69, 9.17) is 5.41 Å². The van der Waals surface area contributed by atoms with Crippen LogP contribution in [0.25, 0.3) is 5.70 Å². The third-order valence-corrected chi connectivity index (χ3v) is 6.88. The molecule has 4 heteroatoms. The number of aromatic nitrogens is 1. The van der Waals surface area contributed by atoms with Crippen molar-refractivity contribution in [2.75, 3.05) is 13.1 Å². The molecule has 1 atom stereocenters. The summed E-state index contributed by atoms with van der Waals surface area (Å²) in [7, 11) is 0. The van der Waals surface area contributed by atoms with Gasteiger partial charge in [0.05, 0.1) is 0 Å². The lowest BCUT2D eigenvalue weighted by molar-refractivity contribution is 0.278. The van der Waals surface area contributed by atoms with Gasteiger partial charge in [-0.25, -0.2) is 0 Å². The van der Waals surface area contributed by atoms with Gasteiger partial charge in [0.15, 0.2) is 0 Å². The Balaban J connectivity index is 1.73. The van der Waals surface area contributed by atoms with Gasteiger partial charge in [-0.3, -0.25) is 10.4 Å². The van der Waals surface area contributed by atoms with Crippen LogP contribution in [0.5, 0.6) is 0 Å². The minimum atomic E-state index is 0.429. The monoisotopic (exact) mass is 434 g/mol. The van der Waals surface area contributed by atoms with E-state index in [0.717, 1.165) is 67.9 Å². The van der Waals surface area contributed by atoms with Crippen LogP contribution in [0.3, 0.4) is 0 Å². The molecule has 32 heavy (non-hydrogen) atoms. The Morgan fingerprint density at radius 2 is 1.84 bits per heavy atom. The molecule has 1 unspecified atom stereocenters. The first-order valence-corrected chi connectivity index (χ1v) is 12.4. The first-order valence-electron chi connectivity index (χ1n) is 12.4. The van der Waals surface area contributed by atoms with Crippen LogP contribution in [0.4, 0.5) is 0 Å². The number of allylic oxidation sites excluding steroid dienone is 1. The summed E-state index contributed by atoms with van der Waals surface area (Å²) < 4.78 is 0. The Hall–Kier alpha value is -2.36. The Kier molecular flexibility index (Phi) is 7.97. The summed E-state index contributed by atoms with van der Waals surface area (Å²) in [5.41, 5.74) is 6.92. The average molecular weight is 435 g/mol. The van der Waals surface area contributed by atoms with E-state index in [0.29, 0.717) is 23.7 Å². The van der Waals surface area contributed by atoms with Crippen molar-refractivity contribution in [3.05, 3.63) is 59.1 Å². The van der Waals surface area contributed by atoms with Crippen LogP contribution >= 0.6 is 0 Å². The van der Waals surface area contributed by atoms with Crippen LogP contribution in [0, 0.1) is 31.1 Å². The Bertz CT molecular complexity index is 880. The number of nitrogens with zero attached hydrogens (tertiary/aromatic N) is 3. The van der Waals surface area contributed by atoms with Crippen molar-refractivity contribution in [3.63, 3.8) is 0 Å².